The maximum absolute atomic E-state index is 11.7. The van der Waals surface area contributed by atoms with Crippen molar-refractivity contribution < 1.29 is 19.1 Å². The van der Waals surface area contributed by atoms with Crippen molar-refractivity contribution in [1.82, 2.24) is 10.2 Å². The van der Waals surface area contributed by atoms with Gasteiger partial charge in [0.15, 0.2) is 0 Å². The number of piperidine rings is 1. The second-order valence-corrected chi connectivity index (χ2v) is 5.76. The van der Waals surface area contributed by atoms with Crippen LogP contribution in [-0.4, -0.2) is 55.3 Å². The number of ether oxygens (including phenoxy) is 2. The van der Waals surface area contributed by atoms with E-state index in [4.69, 9.17) is 9.47 Å². The summed E-state index contributed by atoms with van der Waals surface area (Å²) in [6.07, 6.45) is 1.30. The second-order valence-electron chi connectivity index (χ2n) is 5.76. The number of amides is 2. The normalized spacial score (nSPS) is 20.0. The third kappa shape index (κ3) is 5.92. The van der Waals surface area contributed by atoms with E-state index in [0.29, 0.717) is 13.1 Å². The van der Waals surface area contributed by atoms with Crippen molar-refractivity contribution in [3.8, 4) is 0 Å². The fraction of sp³-hybridized carbons (Fsp3) is 0.846. The van der Waals surface area contributed by atoms with E-state index < -0.39 is 11.7 Å². The third-order valence-electron chi connectivity index (χ3n) is 2.76. The Hall–Kier alpha value is -1.30. The first kappa shape index (κ1) is 15.8. The summed E-state index contributed by atoms with van der Waals surface area (Å²) in [4.78, 5) is 25.1. The largest absolute Gasteiger partial charge is 0.444 e. The predicted octanol–water partition coefficient (Wildman–Crippen LogP) is 1.15. The van der Waals surface area contributed by atoms with Crippen LogP contribution < -0.4 is 5.32 Å². The van der Waals surface area contributed by atoms with Crippen LogP contribution in [0.5, 0.6) is 0 Å². The fourth-order valence-electron chi connectivity index (χ4n) is 2.01. The van der Waals surface area contributed by atoms with Gasteiger partial charge >= 0.3 is 6.09 Å². The lowest BCUT2D eigenvalue weighted by atomic mass is 10.1. The molecule has 1 heterocycles. The van der Waals surface area contributed by atoms with Gasteiger partial charge in [0.05, 0.1) is 0 Å². The summed E-state index contributed by atoms with van der Waals surface area (Å²) < 4.78 is 10.0. The monoisotopic (exact) mass is 272 g/mol. The van der Waals surface area contributed by atoms with Gasteiger partial charge in [-0.15, -0.1) is 0 Å². The first-order valence-electron chi connectivity index (χ1n) is 6.58. The zero-order valence-corrected chi connectivity index (χ0v) is 12.2. The molecule has 2 amide bonds. The third-order valence-corrected chi connectivity index (χ3v) is 2.76. The summed E-state index contributed by atoms with van der Waals surface area (Å²) in [7, 11) is 1.50. The van der Waals surface area contributed by atoms with Crippen molar-refractivity contribution in [2.24, 2.45) is 0 Å². The average Bonchev–Trinajstić information content (AvgIpc) is 2.27. The van der Waals surface area contributed by atoms with Gasteiger partial charge in [-0.2, -0.15) is 0 Å². The molecule has 19 heavy (non-hydrogen) atoms. The molecule has 0 aromatic heterocycles. The number of hydrogen-bond acceptors (Lipinski definition) is 4. The summed E-state index contributed by atoms with van der Waals surface area (Å²) in [5.41, 5.74) is -0.510. The van der Waals surface area contributed by atoms with E-state index in [0.717, 1.165) is 12.8 Å². The van der Waals surface area contributed by atoms with E-state index >= 15 is 0 Å². The topological polar surface area (TPSA) is 67.9 Å². The molecule has 1 atom stereocenters. The van der Waals surface area contributed by atoms with Crippen molar-refractivity contribution in [2.75, 3.05) is 26.8 Å². The molecule has 1 aliphatic rings. The highest BCUT2D eigenvalue weighted by atomic mass is 16.6. The van der Waals surface area contributed by atoms with Gasteiger partial charge in [0, 0.05) is 26.2 Å². The molecule has 1 saturated heterocycles. The van der Waals surface area contributed by atoms with Gasteiger partial charge < -0.3 is 19.7 Å². The molecule has 0 aromatic rings. The minimum Gasteiger partial charge on any atom is -0.444 e. The minimum atomic E-state index is -0.510. The van der Waals surface area contributed by atoms with Gasteiger partial charge in [0.25, 0.3) is 0 Å². The molecule has 1 rings (SSSR count). The van der Waals surface area contributed by atoms with Crippen molar-refractivity contribution in [3.05, 3.63) is 0 Å². The van der Waals surface area contributed by atoms with E-state index in [1.165, 1.54) is 7.11 Å². The van der Waals surface area contributed by atoms with Crippen LogP contribution in [0.1, 0.15) is 33.6 Å². The van der Waals surface area contributed by atoms with Crippen LogP contribution in [0.4, 0.5) is 4.79 Å². The first-order valence-corrected chi connectivity index (χ1v) is 6.58. The molecule has 6 heteroatoms. The number of alkyl carbamates (subject to hydrolysis) is 1. The summed E-state index contributed by atoms with van der Waals surface area (Å²) >= 11 is 0. The van der Waals surface area contributed by atoms with Crippen LogP contribution in [0.15, 0.2) is 0 Å². The molecule has 0 saturated carbocycles. The molecule has 0 aromatic carbocycles. The summed E-state index contributed by atoms with van der Waals surface area (Å²) in [6, 6.07) is -0.0515. The van der Waals surface area contributed by atoms with Gasteiger partial charge in [-0.1, -0.05) is 0 Å². The zero-order valence-electron chi connectivity index (χ0n) is 12.2. The lowest BCUT2D eigenvalue weighted by Gasteiger charge is -2.33. The Morgan fingerprint density at radius 3 is 2.63 bits per heavy atom. The molecule has 0 spiro atoms. The minimum absolute atomic E-state index is 0.0433. The zero-order chi connectivity index (χ0) is 14.5. The van der Waals surface area contributed by atoms with E-state index in [2.05, 4.69) is 5.32 Å². The molecule has 1 fully saturated rings. The molecule has 0 aliphatic carbocycles. The fourth-order valence-corrected chi connectivity index (χ4v) is 2.01. The Morgan fingerprint density at radius 2 is 2.05 bits per heavy atom. The first-order chi connectivity index (χ1) is 8.81. The molecule has 0 bridgehead atoms. The second kappa shape index (κ2) is 6.75. The molecular weight excluding hydrogens is 248 g/mol. The summed E-state index contributed by atoms with van der Waals surface area (Å²) in [6.45, 7) is 6.78. The average molecular weight is 272 g/mol. The maximum Gasteiger partial charge on any atom is 0.407 e. The van der Waals surface area contributed by atoms with E-state index in [-0.39, 0.29) is 18.6 Å². The van der Waals surface area contributed by atoms with Gasteiger partial charge in [0.1, 0.15) is 12.2 Å². The Bertz CT molecular complexity index is 325. The number of hydrogen-bond donors (Lipinski definition) is 1. The molecule has 1 aliphatic heterocycles. The highest BCUT2D eigenvalue weighted by molar-refractivity contribution is 5.77. The standard InChI is InChI=1S/C13H24N2O4/c1-13(2,3)19-12(17)14-10-6-5-7-15(8-10)11(16)9-18-4/h10H,5-9H2,1-4H3,(H,14,17). The van der Waals surface area contributed by atoms with E-state index in [1.54, 1.807) is 4.90 Å². The van der Waals surface area contributed by atoms with Crippen LogP contribution in [-0.2, 0) is 14.3 Å². The highest BCUT2D eigenvalue weighted by Crippen LogP contribution is 2.12. The summed E-state index contributed by atoms with van der Waals surface area (Å²) in [5, 5.41) is 2.81. The van der Waals surface area contributed by atoms with Crippen molar-refractivity contribution in [3.63, 3.8) is 0 Å². The molecule has 1 N–H and O–H groups in total. The number of likely N-dealkylation sites (tertiary alicyclic amines) is 1. The van der Waals surface area contributed by atoms with Crippen LogP contribution in [0.25, 0.3) is 0 Å². The lowest BCUT2D eigenvalue weighted by Crippen LogP contribution is -2.51. The van der Waals surface area contributed by atoms with Gasteiger partial charge in [-0.25, -0.2) is 4.79 Å². The van der Waals surface area contributed by atoms with Crippen LogP contribution in [0.3, 0.4) is 0 Å². The molecule has 1 unspecified atom stereocenters. The number of nitrogens with zero attached hydrogens (tertiary/aromatic N) is 1. The molecule has 0 radical (unpaired) electrons. The van der Waals surface area contributed by atoms with Crippen molar-refractivity contribution in [1.29, 1.82) is 0 Å². The number of methoxy groups -OCH3 is 1. The Balaban J connectivity index is 2.42. The smallest absolute Gasteiger partial charge is 0.407 e. The molecule has 6 nitrogen and oxygen atoms in total. The number of carbonyl (C=O) groups is 2. The van der Waals surface area contributed by atoms with E-state index in [1.807, 2.05) is 20.8 Å². The van der Waals surface area contributed by atoms with Crippen LogP contribution >= 0.6 is 0 Å². The molecular formula is C13H24N2O4. The Kier molecular flexibility index (Phi) is 5.60. The SMILES string of the molecule is COCC(=O)N1CCCC(NC(=O)OC(C)(C)C)C1. The highest BCUT2D eigenvalue weighted by Gasteiger charge is 2.26. The van der Waals surface area contributed by atoms with Gasteiger partial charge in [-0.3, -0.25) is 4.79 Å². The van der Waals surface area contributed by atoms with Crippen LogP contribution in [0, 0.1) is 0 Å². The quantitative estimate of drug-likeness (QED) is 0.837. The van der Waals surface area contributed by atoms with Crippen molar-refractivity contribution in [2.45, 2.75) is 45.3 Å². The Morgan fingerprint density at radius 1 is 1.37 bits per heavy atom. The Labute approximate surface area is 114 Å². The number of rotatable bonds is 3. The number of carbonyl (C=O) groups excluding carboxylic acids is 2. The number of nitrogens with one attached hydrogen (secondary N) is 1. The van der Waals surface area contributed by atoms with E-state index in [9.17, 15) is 9.59 Å². The lowest BCUT2D eigenvalue weighted by molar-refractivity contribution is -0.136. The van der Waals surface area contributed by atoms with Crippen LogP contribution in [0.2, 0.25) is 0 Å². The van der Waals surface area contributed by atoms with Crippen molar-refractivity contribution >= 4 is 12.0 Å². The predicted molar refractivity (Wildman–Crippen MR) is 70.8 cm³/mol. The van der Waals surface area contributed by atoms with Gasteiger partial charge in [0.2, 0.25) is 5.91 Å². The molecule has 110 valence electrons. The maximum atomic E-state index is 11.7. The summed E-state index contributed by atoms with van der Waals surface area (Å²) in [5.74, 6) is -0.0433. The van der Waals surface area contributed by atoms with Gasteiger partial charge in [-0.05, 0) is 33.6 Å².